The van der Waals surface area contributed by atoms with Crippen LogP contribution in [-0.2, 0) is 0 Å². The number of hydrogen-bond acceptors (Lipinski definition) is 1. The van der Waals surface area contributed by atoms with Crippen molar-refractivity contribution >= 4 is 0 Å². The van der Waals surface area contributed by atoms with Crippen LogP contribution in [0.5, 0.6) is 5.75 Å². The number of rotatable bonds is 1. The molecule has 0 aromatic heterocycles. The van der Waals surface area contributed by atoms with Crippen LogP contribution >= 0.6 is 0 Å². The lowest BCUT2D eigenvalue weighted by molar-refractivity contribution is 0.411. The quantitative estimate of drug-likeness (QED) is 0.636. The number of benzene rings is 1. The number of aryl methyl sites for hydroxylation is 1. The van der Waals surface area contributed by atoms with Crippen LogP contribution < -0.4 is 4.74 Å². The summed E-state index contributed by atoms with van der Waals surface area (Å²) in [5, 5.41) is 0. The topological polar surface area (TPSA) is 9.23 Å². The second kappa shape index (κ2) is 11.0. The number of ether oxygens (including phenoxy) is 1. The lowest BCUT2D eigenvalue weighted by atomic mass is 10.2. The number of hydrogen-bond donors (Lipinski definition) is 0. The third-order valence-corrected chi connectivity index (χ3v) is 1.31. The molecule has 1 nitrogen and oxygen atoms in total. The number of para-hydroxylation sites is 1. The monoisotopic (exact) mass is 182 g/mol. The van der Waals surface area contributed by atoms with Crippen molar-refractivity contribution in [3.63, 3.8) is 0 Å². The van der Waals surface area contributed by atoms with Gasteiger partial charge in [0.15, 0.2) is 0 Å². The maximum Gasteiger partial charge on any atom is 0.121 e. The maximum absolute atomic E-state index is 5.04. The Labute approximate surface area is 82.7 Å². The van der Waals surface area contributed by atoms with Crippen molar-refractivity contribution in [2.24, 2.45) is 0 Å². The smallest absolute Gasteiger partial charge is 0.121 e. The van der Waals surface area contributed by atoms with Crippen LogP contribution in [0.2, 0.25) is 0 Å². The van der Waals surface area contributed by atoms with Gasteiger partial charge in [0.05, 0.1) is 7.11 Å². The zero-order valence-electron chi connectivity index (χ0n) is 9.72. The molecule has 1 rings (SSSR count). The molecule has 0 fully saturated rings. The van der Waals surface area contributed by atoms with Crippen molar-refractivity contribution in [1.82, 2.24) is 0 Å². The molecule has 76 valence electrons. The summed E-state index contributed by atoms with van der Waals surface area (Å²) in [5.41, 5.74) is 1.18. The van der Waals surface area contributed by atoms with Crippen molar-refractivity contribution in [2.45, 2.75) is 34.6 Å². The molecule has 0 aliphatic carbocycles. The molecule has 0 radical (unpaired) electrons. The van der Waals surface area contributed by atoms with Gasteiger partial charge < -0.3 is 4.74 Å². The third kappa shape index (κ3) is 6.21. The van der Waals surface area contributed by atoms with Gasteiger partial charge in [-0.2, -0.15) is 0 Å². The second-order valence-electron chi connectivity index (χ2n) is 1.97. The molecular formula is C12H22O. The van der Waals surface area contributed by atoms with E-state index in [1.54, 1.807) is 7.11 Å². The molecule has 0 heterocycles. The Hall–Kier alpha value is -0.980. The van der Waals surface area contributed by atoms with E-state index in [-0.39, 0.29) is 0 Å². The molecule has 1 aromatic carbocycles. The van der Waals surface area contributed by atoms with E-state index in [0.717, 1.165) is 5.75 Å². The highest BCUT2D eigenvalue weighted by atomic mass is 16.5. The minimum atomic E-state index is 0.956. The van der Waals surface area contributed by atoms with E-state index in [4.69, 9.17) is 4.74 Å². The van der Waals surface area contributed by atoms with E-state index in [0.29, 0.717) is 0 Å². The average molecular weight is 182 g/mol. The van der Waals surface area contributed by atoms with Gasteiger partial charge in [0, 0.05) is 0 Å². The largest absolute Gasteiger partial charge is 0.496 e. The van der Waals surface area contributed by atoms with E-state index in [1.165, 1.54) is 5.56 Å². The van der Waals surface area contributed by atoms with Crippen LogP contribution in [0.25, 0.3) is 0 Å². The molecule has 0 N–H and O–H groups in total. The van der Waals surface area contributed by atoms with Crippen LogP contribution in [0.3, 0.4) is 0 Å². The van der Waals surface area contributed by atoms with E-state index in [1.807, 2.05) is 58.9 Å². The van der Waals surface area contributed by atoms with Crippen molar-refractivity contribution in [3.8, 4) is 5.75 Å². The second-order valence-corrected chi connectivity index (χ2v) is 1.97. The van der Waals surface area contributed by atoms with Gasteiger partial charge in [0.1, 0.15) is 5.75 Å². The van der Waals surface area contributed by atoms with Gasteiger partial charge in [0.2, 0.25) is 0 Å². The zero-order valence-corrected chi connectivity index (χ0v) is 9.72. The van der Waals surface area contributed by atoms with E-state index in [9.17, 15) is 0 Å². The Morgan fingerprint density at radius 1 is 0.923 bits per heavy atom. The van der Waals surface area contributed by atoms with Crippen molar-refractivity contribution in [2.75, 3.05) is 7.11 Å². The Kier molecular flexibility index (Phi) is 12.3. The first-order valence-corrected chi connectivity index (χ1v) is 4.94. The van der Waals surface area contributed by atoms with Gasteiger partial charge in [-0.1, -0.05) is 45.9 Å². The van der Waals surface area contributed by atoms with E-state index >= 15 is 0 Å². The fourth-order valence-electron chi connectivity index (χ4n) is 0.785. The van der Waals surface area contributed by atoms with Gasteiger partial charge >= 0.3 is 0 Å². The molecule has 0 aliphatic rings. The van der Waals surface area contributed by atoms with Crippen LogP contribution in [0.15, 0.2) is 24.3 Å². The summed E-state index contributed by atoms with van der Waals surface area (Å²) in [6, 6.07) is 7.94. The normalized spacial score (nSPS) is 7.23. The Morgan fingerprint density at radius 3 is 1.69 bits per heavy atom. The van der Waals surface area contributed by atoms with Crippen molar-refractivity contribution < 1.29 is 4.74 Å². The van der Waals surface area contributed by atoms with Gasteiger partial charge in [0.25, 0.3) is 0 Å². The molecule has 0 atom stereocenters. The summed E-state index contributed by atoms with van der Waals surface area (Å²) in [7, 11) is 1.68. The molecule has 0 amide bonds. The highest BCUT2D eigenvalue weighted by Gasteiger charge is 1.90. The Morgan fingerprint density at radius 2 is 1.38 bits per heavy atom. The molecule has 0 bridgehead atoms. The highest BCUT2D eigenvalue weighted by Crippen LogP contribution is 2.14. The van der Waals surface area contributed by atoms with Gasteiger partial charge in [-0.25, -0.2) is 0 Å². The van der Waals surface area contributed by atoms with E-state index in [2.05, 4.69) is 0 Å². The van der Waals surface area contributed by atoms with Crippen LogP contribution in [0.1, 0.15) is 33.3 Å². The summed E-state index contributed by atoms with van der Waals surface area (Å²) >= 11 is 0. The zero-order chi connectivity index (χ0) is 10.7. The molecule has 0 unspecified atom stereocenters. The predicted molar refractivity (Wildman–Crippen MR) is 60.4 cm³/mol. The molecule has 13 heavy (non-hydrogen) atoms. The average Bonchev–Trinajstić information content (AvgIpc) is 2.24. The number of methoxy groups -OCH3 is 1. The molecule has 0 aliphatic heterocycles. The minimum absolute atomic E-state index is 0.956. The maximum atomic E-state index is 5.04. The summed E-state index contributed by atoms with van der Waals surface area (Å²) in [6.07, 6.45) is 0. The first-order valence-electron chi connectivity index (χ1n) is 4.94. The Bertz CT molecular complexity index is 194. The van der Waals surface area contributed by atoms with Gasteiger partial charge in [-0.3, -0.25) is 0 Å². The molecule has 0 saturated carbocycles. The molecule has 1 heteroatoms. The molecule has 0 saturated heterocycles. The lowest BCUT2D eigenvalue weighted by Crippen LogP contribution is -1.84. The molecule has 0 spiro atoms. The lowest BCUT2D eigenvalue weighted by Gasteiger charge is -2.00. The van der Waals surface area contributed by atoms with E-state index < -0.39 is 0 Å². The van der Waals surface area contributed by atoms with Crippen LogP contribution in [-0.4, -0.2) is 7.11 Å². The fraction of sp³-hybridized carbons (Fsp3) is 0.500. The summed E-state index contributed by atoms with van der Waals surface area (Å²) in [5.74, 6) is 0.956. The summed E-state index contributed by atoms with van der Waals surface area (Å²) in [4.78, 5) is 0. The van der Waals surface area contributed by atoms with Crippen molar-refractivity contribution in [3.05, 3.63) is 29.8 Å². The Balaban J connectivity index is 0. The summed E-state index contributed by atoms with van der Waals surface area (Å²) in [6.45, 7) is 10.0. The first kappa shape index (κ1) is 14.5. The standard InChI is InChI=1S/C8H10O.2C2H6/c1-7-5-3-4-6-8(7)9-2;2*1-2/h3-6H,1-2H3;2*1-2H3. The SMILES string of the molecule is CC.CC.COc1ccccc1C. The fourth-order valence-corrected chi connectivity index (χ4v) is 0.785. The van der Waals surface area contributed by atoms with Gasteiger partial charge in [-0.05, 0) is 18.6 Å². The summed E-state index contributed by atoms with van der Waals surface area (Å²) < 4.78 is 5.04. The third-order valence-electron chi connectivity index (χ3n) is 1.31. The van der Waals surface area contributed by atoms with Crippen LogP contribution in [0, 0.1) is 6.92 Å². The molecule has 1 aromatic rings. The minimum Gasteiger partial charge on any atom is -0.496 e. The highest BCUT2D eigenvalue weighted by molar-refractivity contribution is 5.31. The van der Waals surface area contributed by atoms with Crippen molar-refractivity contribution in [1.29, 1.82) is 0 Å². The van der Waals surface area contributed by atoms with Gasteiger partial charge in [-0.15, -0.1) is 0 Å². The first-order chi connectivity index (χ1) is 6.34. The predicted octanol–water partition coefficient (Wildman–Crippen LogP) is 4.06. The van der Waals surface area contributed by atoms with Crippen LogP contribution in [0.4, 0.5) is 0 Å². The molecular weight excluding hydrogens is 160 g/mol.